The van der Waals surface area contributed by atoms with E-state index >= 15 is 0 Å². The van der Waals surface area contributed by atoms with Crippen LogP contribution in [0.5, 0.6) is 0 Å². The summed E-state index contributed by atoms with van der Waals surface area (Å²) in [5.74, 6) is 0.434. The number of hydrogen-bond donors (Lipinski definition) is 1. The maximum absolute atomic E-state index is 13.1. The Balaban J connectivity index is 2.19. The first-order valence-electron chi connectivity index (χ1n) is 10.4. The second-order valence-corrected chi connectivity index (χ2v) is 9.91. The van der Waals surface area contributed by atoms with Gasteiger partial charge in [0.25, 0.3) is 0 Å². The Kier molecular flexibility index (Phi) is 5.37. The largest absolute Gasteiger partial charge is 0.392 e. The number of ketones is 2. The van der Waals surface area contributed by atoms with E-state index in [4.69, 9.17) is 9.47 Å². The predicted molar refractivity (Wildman–Crippen MR) is 102 cm³/mol. The van der Waals surface area contributed by atoms with Crippen molar-refractivity contribution < 1.29 is 24.2 Å². The van der Waals surface area contributed by atoms with E-state index in [-0.39, 0.29) is 47.6 Å². The maximum Gasteiger partial charge on any atom is 0.146 e. The lowest BCUT2D eigenvalue weighted by Gasteiger charge is -2.61. The zero-order valence-electron chi connectivity index (χ0n) is 17.7. The minimum atomic E-state index is -0.806. The summed E-state index contributed by atoms with van der Waals surface area (Å²) in [6.45, 7) is 10.0. The molecule has 3 aliphatic carbocycles. The Bertz CT molecular complexity index is 618. The highest BCUT2D eigenvalue weighted by Crippen LogP contribution is 2.67. The van der Waals surface area contributed by atoms with Crippen molar-refractivity contribution >= 4 is 11.6 Å². The fourth-order valence-corrected chi connectivity index (χ4v) is 6.93. The number of carbonyl (C=O) groups is 2. The lowest BCUT2D eigenvalue weighted by Crippen LogP contribution is -2.64. The van der Waals surface area contributed by atoms with Gasteiger partial charge in [0.15, 0.2) is 0 Å². The molecule has 0 aromatic carbocycles. The van der Waals surface area contributed by atoms with Crippen LogP contribution < -0.4 is 0 Å². The summed E-state index contributed by atoms with van der Waals surface area (Å²) >= 11 is 0. The zero-order valence-corrected chi connectivity index (χ0v) is 17.7. The number of ether oxygens (including phenoxy) is 2. The molecular formula is C22H36O5. The van der Waals surface area contributed by atoms with Gasteiger partial charge in [-0.1, -0.05) is 27.7 Å². The summed E-state index contributed by atoms with van der Waals surface area (Å²) in [6.07, 6.45) is 2.57. The molecule has 0 heterocycles. The van der Waals surface area contributed by atoms with Crippen molar-refractivity contribution in [1.82, 2.24) is 0 Å². The molecule has 3 saturated carbocycles. The van der Waals surface area contributed by atoms with Gasteiger partial charge < -0.3 is 14.6 Å². The Morgan fingerprint density at radius 3 is 2.52 bits per heavy atom. The molecule has 154 valence electrons. The number of aliphatic hydroxyl groups is 1. The van der Waals surface area contributed by atoms with Crippen molar-refractivity contribution in [1.29, 1.82) is 0 Å². The molecule has 8 atom stereocenters. The Hall–Kier alpha value is -0.780. The highest BCUT2D eigenvalue weighted by atomic mass is 16.7. The molecule has 3 rings (SSSR count). The van der Waals surface area contributed by atoms with Crippen LogP contribution in [0.1, 0.15) is 66.7 Å². The van der Waals surface area contributed by atoms with Gasteiger partial charge >= 0.3 is 0 Å². The van der Waals surface area contributed by atoms with E-state index in [2.05, 4.69) is 20.8 Å². The minimum Gasteiger partial charge on any atom is -0.392 e. The van der Waals surface area contributed by atoms with Crippen molar-refractivity contribution in [2.24, 2.45) is 34.0 Å². The van der Waals surface area contributed by atoms with Gasteiger partial charge in [0.2, 0.25) is 0 Å². The minimum absolute atomic E-state index is 0.0306. The van der Waals surface area contributed by atoms with Gasteiger partial charge in [-0.25, -0.2) is 0 Å². The third-order valence-corrected chi connectivity index (χ3v) is 8.95. The molecule has 0 saturated heterocycles. The number of hydrogen-bond acceptors (Lipinski definition) is 5. The Labute approximate surface area is 163 Å². The molecule has 0 aliphatic heterocycles. The lowest BCUT2D eigenvalue weighted by molar-refractivity contribution is -0.220. The van der Waals surface area contributed by atoms with Crippen molar-refractivity contribution in [3.05, 3.63) is 0 Å². The standard InChI is InChI=1S/C22H36O5/c1-13-7-9-22-10-8-16(24)18(22)21(13,5)17(25)11-20(4,15(3)23)19(14(22)2)27-12-26-6/h13-14,17-19,25H,7-12H2,1-6H3/t13-,14+,17-,18?,19+,20+,21+,22?/m1/s1. The normalized spacial score (nSPS) is 50.0. The Morgan fingerprint density at radius 1 is 1.26 bits per heavy atom. The zero-order chi connectivity index (χ0) is 20.2. The van der Waals surface area contributed by atoms with Gasteiger partial charge in [-0.3, -0.25) is 9.59 Å². The molecule has 0 radical (unpaired) electrons. The van der Waals surface area contributed by atoms with E-state index < -0.39 is 16.9 Å². The number of methoxy groups -OCH3 is 1. The van der Waals surface area contributed by atoms with Gasteiger partial charge in [-0.05, 0) is 49.9 Å². The molecule has 3 fully saturated rings. The van der Waals surface area contributed by atoms with Crippen LogP contribution in [-0.2, 0) is 19.1 Å². The number of aliphatic hydroxyl groups excluding tert-OH is 1. The van der Waals surface area contributed by atoms with Gasteiger partial charge in [-0.15, -0.1) is 0 Å². The predicted octanol–water partition coefficient (Wildman–Crippen LogP) is 3.37. The van der Waals surface area contributed by atoms with Gasteiger partial charge in [0.05, 0.1) is 17.6 Å². The molecule has 27 heavy (non-hydrogen) atoms. The molecule has 1 N–H and O–H groups in total. The number of rotatable bonds is 4. The molecule has 2 bridgehead atoms. The molecule has 0 amide bonds. The van der Waals surface area contributed by atoms with Crippen LogP contribution in [0.25, 0.3) is 0 Å². The summed E-state index contributed by atoms with van der Waals surface area (Å²) in [4.78, 5) is 25.9. The molecule has 3 aliphatic rings. The van der Waals surface area contributed by atoms with E-state index in [0.717, 1.165) is 19.3 Å². The van der Waals surface area contributed by atoms with Crippen LogP contribution in [0.3, 0.4) is 0 Å². The highest BCUT2D eigenvalue weighted by molar-refractivity contribution is 5.86. The van der Waals surface area contributed by atoms with Crippen LogP contribution in [0.4, 0.5) is 0 Å². The monoisotopic (exact) mass is 380 g/mol. The summed E-state index contributed by atoms with van der Waals surface area (Å²) in [6, 6.07) is 0. The molecule has 0 aromatic rings. The lowest BCUT2D eigenvalue weighted by atomic mass is 9.43. The van der Waals surface area contributed by atoms with Crippen molar-refractivity contribution in [3.8, 4) is 0 Å². The van der Waals surface area contributed by atoms with Crippen LogP contribution in [0.15, 0.2) is 0 Å². The van der Waals surface area contributed by atoms with E-state index in [9.17, 15) is 14.7 Å². The van der Waals surface area contributed by atoms with E-state index in [0.29, 0.717) is 12.8 Å². The average Bonchev–Trinajstić information content (AvgIpc) is 2.96. The first-order valence-corrected chi connectivity index (χ1v) is 10.4. The topological polar surface area (TPSA) is 72.8 Å². The fraction of sp³-hybridized carbons (Fsp3) is 0.909. The molecule has 0 spiro atoms. The second kappa shape index (κ2) is 6.93. The third kappa shape index (κ3) is 2.76. The quantitative estimate of drug-likeness (QED) is 0.757. The van der Waals surface area contributed by atoms with Crippen molar-refractivity contribution in [3.63, 3.8) is 0 Å². The van der Waals surface area contributed by atoms with E-state index in [1.54, 1.807) is 14.0 Å². The SMILES string of the molecule is COCO[C@H]1[C@H](C)C23CCC(=O)C2[C@@](C)([C@H](C)CC3)[C@H](O)C[C@@]1(C)C(C)=O. The van der Waals surface area contributed by atoms with Crippen LogP contribution in [0, 0.1) is 34.0 Å². The van der Waals surface area contributed by atoms with Crippen molar-refractivity contribution in [2.45, 2.75) is 78.9 Å². The van der Waals surface area contributed by atoms with Gasteiger partial charge in [-0.2, -0.15) is 0 Å². The van der Waals surface area contributed by atoms with E-state index in [1.165, 1.54) is 0 Å². The van der Waals surface area contributed by atoms with Gasteiger partial charge in [0.1, 0.15) is 18.4 Å². The molecular weight excluding hydrogens is 344 g/mol. The summed E-state index contributed by atoms with van der Waals surface area (Å²) in [5.41, 5.74) is -1.52. The fourth-order valence-electron chi connectivity index (χ4n) is 6.93. The van der Waals surface area contributed by atoms with Crippen LogP contribution >= 0.6 is 0 Å². The molecule has 5 nitrogen and oxygen atoms in total. The molecule has 0 aromatic heterocycles. The first kappa shape index (κ1) is 20.9. The summed E-state index contributed by atoms with van der Waals surface area (Å²) < 4.78 is 11.3. The molecule has 5 heteroatoms. The highest BCUT2D eigenvalue weighted by Gasteiger charge is 2.68. The van der Waals surface area contributed by atoms with Crippen molar-refractivity contribution in [2.75, 3.05) is 13.9 Å². The Morgan fingerprint density at radius 2 is 1.93 bits per heavy atom. The third-order valence-electron chi connectivity index (χ3n) is 8.95. The number of Topliss-reactive ketones (excluding diaryl/α,β-unsaturated/α-hetero) is 2. The summed E-state index contributed by atoms with van der Waals surface area (Å²) in [5, 5.41) is 11.4. The summed E-state index contributed by atoms with van der Waals surface area (Å²) in [7, 11) is 1.58. The maximum atomic E-state index is 13.1. The van der Waals surface area contributed by atoms with Crippen LogP contribution in [0.2, 0.25) is 0 Å². The number of carbonyl (C=O) groups excluding carboxylic acids is 2. The average molecular weight is 381 g/mol. The first-order chi connectivity index (χ1) is 12.6. The van der Waals surface area contributed by atoms with Crippen LogP contribution in [-0.4, -0.2) is 42.8 Å². The molecule has 2 unspecified atom stereocenters. The second-order valence-electron chi connectivity index (χ2n) is 9.91. The smallest absolute Gasteiger partial charge is 0.146 e. The van der Waals surface area contributed by atoms with Gasteiger partial charge in [0, 0.05) is 24.9 Å². The van der Waals surface area contributed by atoms with E-state index in [1.807, 2.05) is 6.92 Å².